The molecular formula is C23H27F2N5O2. The van der Waals surface area contributed by atoms with Crippen molar-refractivity contribution in [1.82, 2.24) is 19.3 Å². The Kier molecular flexibility index (Phi) is 6.53. The van der Waals surface area contributed by atoms with Gasteiger partial charge in [0.15, 0.2) is 0 Å². The third-order valence-electron chi connectivity index (χ3n) is 5.99. The second kappa shape index (κ2) is 9.50. The highest BCUT2D eigenvalue weighted by Crippen LogP contribution is 2.34. The van der Waals surface area contributed by atoms with Gasteiger partial charge in [-0.2, -0.15) is 13.9 Å². The fraction of sp³-hybridized carbons (Fsp3) is 0.435. The average Bonchev–Trinajstić information content (AvgIpc) is 3.22. The van der Waals surface area contributed by atoms with Crippen molar-refractivity contribution < 1.29 is 13.5 Å². The van der Waals surface area contributed by atoms with Crippen molar-refractivity contribution >= 4 is 5.69 Å². The van der Waals surface area contributed by atoms with Crippen LogP contribution >= 0.6 is 0 Å². The van der Waals surface area contributed by atoms with Crippen molar-refractivity contribution in [2.45, 2.75) is 57.7 Å². The van der Waals surface area contributed by atoms with Crippen LogP contribution in [0.5, 0.6) is 5.88 Å². The van der Waals surface area contributed by atoms with Gasteiger partial charge in [0.2, 0.25) is 5.88 Å². The number of anilines is 1. The molecule has 3 heterocycles. The lowest BCUT2D eigenvalue weighted by molar-refractivity contribution is -0.0528. The zero-order valence-corrected chi connectivity index (χ0v) is 18.2. The molecule has 0 amide bonds. The molecule has 0 saturated heterocycles. The highest BCUT2D eigenvalue weighted by atomic mass is 19.3. The molecule has 4 rings (SSSR count). The molecule has 1 saturated carbocycles. The zero-order valence-electron chi connectivity index (χ0n) is 18.2. The first-order valence-corrected chi connectivity index (χ1v) is 10.8. The molecule has 0 aliphatic heterocycles. The monoisotopic (exact) mass is 443 g/mol. The van der Waals surface area contributed by atoms with E-state index in [1.807, 2.05) is 32.4 Å². The Morgan fingerprint density at radius 2 is 1.94 bits per heavy atom. The van der Waals surface area contributed by atoms with Gasteiger partial charge in [0.1, 0.15) is 5.69 Å². The predicted octanol–water partition coefficient (Wildman–Crippen LogP) is 4.40. The third kappa shape index (κ3) is 4.98. The van der Waals surface area contributed by atoms with Gasteiger partial charge in [0, 0.05) is 55.4 Å². The Labute approximate surface area is 185 Å². The molecule has 32 heavy (non-hydrogen) atoms. The summed E-state index contributed by atoms with van der Waals surface area (Å²) in [5, 5.41) is 7.70. The first-order valence-electron chi connectivity index (χ1n) is 10.8. The SMILES string of the molecule is CCn1cc(-c2cnn(C)c2)cc(N[C@H]2CC[C@@H](c3ccc(OC(F)F)nc3)CC2)c1=O. The van der Waals surface area contributed by atoms with Crippen LogP contribution in [-0.4, -0.2) is 32.0 Å². The standard InChI is InChI=1S/C23H27F2N5O2/c1-3-30-14-17(18-12-27-29(2)13-18)10-20(22(30)31)28-19-7-4-15(5-8-19)16-6-9-21(26-11-16)32-23(24)25/h6,9-15,19,23,28H,3-5,7-8H2,1-2H3/t15-,19+. The highest BCUT2D eigenvalue weighted by molar-refractivity contribution is 5.65. The molecule has 1 fully saturated rings. The molecule has 0 radical (unpaired) electrons. The summed E-state index contributed by atoms with van der Waals surface area (Å²) in [5.41, 5.74) is 3.52. The van der Waals surface area contributed by atoms with E-state index in [4.69, 9.17) is 0 Å². The number of hydrogen-bond acceptors (Lipinski definition) is 5. The van der Waals surface area contributed by atoms with E-state index in [1.54, 1.807) is 27.7 Å². The van der Waals surface area contributed by atoms with E-state index in [2.05, 4.69) is 20.1 Å². The second-order valence-electron chi connectivity index (χ2n) is 8.14. The minimum Gasteiger partial charge on any atom is -0.417 e. The van der Waals surface area contributed by atoms with Gasteiger partial charge < -0.3 is 14.6 Å². The van der Waals surface area contributed by atoms with Crippen LogP contribution < -0.4 is 15.6 Å². The molecular weight excluding hydrogens is 416 g/mol. The molecule has 0 bridgehead atoms. The van der Waals surface area contributed by atoms with E-state index >= 15 is 0 Å². The van der Waals surface area contributed by atoms with Gasteiger partial charge in [-0.25, -0.2) is 4.98 Å². The van der Waals surface area contributed by atoms with Crippen LogP contribution in [0.3, 0.4) is 0 Å². The lowest BCUT2D eigenvalue weighted by Gasteiger charge is -2.30. The summed E-state index contributed by atoms with van der Waals surface area (Å²) in [6, 6.07) is 5.40. The Morgan fingerprint density at radius 1 is 1.16 bits per heavy atom. The van der Waals surface area contributed by atoms with Crippen molar-refractivity contribution in [2.75, 3.05) is 5.32 Å². The lowest BCUT2D eigenvalue weighted by atomic mass is 9.82. The molecule has 1 aliphatic rings. The zero-order chi connectivity index (χ0) is 22.7. The molecule has 1 aliphatic carbocycles. The topological polar surface area (TPSA) is 74.0 Å². The van der Waals surface area contributed by atoms with Crippen molar-refractivity contribution in [3.63, 3.8) is 0 Å². The van der Waals surface area contributed by atoms with Crippen molar-refractivity contribution in [2.24, 2.45) is 7.05 Å². The van der Waals surface area contributed by atoms with Crippen LogP contribution in [0.25, 0.3) is 11.1 Å². The van der Waals surface area contributed by atoms with Crippen LogP contribution in [0.2, 0.25) is 0 Å². The fourth-order valence-corrected chi connectivity index (χ4v) is 4.29. The van der Waals surface area contributed by atoms with Gasteiger partial charge in [-0.1, -0.05) is 6.07 Å². The quantitative estimate of drug-likeness (QED) is 0.586. The van der Waals surface area contributed by atoms with Crippen LogP contribution in [0.15, 0.2) is 47.8 Å². The molecule has 1 N–H and O–H groups in total. The number of ether oxygens (including phenoxy) is 1. The number of aryl methyl sites for hydroxylation is 2. The van der Waals surface area contributed by atoms with Crippen LogP contribution in [0, 0.1) is 0 Å². The number of halogens is 2. The summed E-state index contributed by atoms with van der Waals surface area (Å²) in [5.74, 6) is 0.245. The summed E-state index contributed by atoms with van der Waals surface area (Å²) >= 11 is 0. The van der Waals surface area contributed by atoms with Crippen molar-refractivity contribution in [3.05, 3.63) is 58.9 Å². The van der Waals surface area contributed by atoms with E-state index < -0.39 is 6.61 Å². The smallest absolute Gasteiger partial charge is 0.388 e. The highest BCUT2D eigenvalue weighted by Gasteiger charge is 2.24. The summed E-state index contributed by atoms with van der Waals surface area (Å²) < 4.78 is 32.4. The predicted molar refractivity (Wildman–Crippen MR) is 118 cm³/mol. The molecule has 0 unspecified atom stereocenters. The molecule has 0 atom stereocenters. The molecule has 0 aromatic carbocycles. The van der Waals surface area contributed by atoms with E-state index in [0.717, 1.165) is 42.4 Å². The first kappa shape index (κ1) is 22.0. The van der Waals surface area contributed by atoms with Gasteiger partial charge in [-0.15, -0.1) is 0 Å². The normalized spacial score (nSPS) is 18.7. The largest absolute Gasteiger partial charge is 0.417 e. The Hall–Kier alpha value is -3.23. The van der Waals surface area contributed by atoms with E-state index in [9.17, 15) is 13.6 Å². The molecule has 3 aromatic heterocycles. The summed E-state index contributed by atoms with van der Waals surface area (Å²) in [6.45, 7) is -0.328. The fourth-order valence-electron chi connectivity index (χ4n) is 4.29. The number of nitrogens with zero attached hydrogens (tertiary/aromatic N) is 4. The maximum atomic E-state index is 12.9. The Bertz CT molecular complexity index is 1100. The van der Waals surface area contributed by atoms with Crippen molar-refractivity contribution in [3.8, 4) is 17.0 Å². The van der Waals surface area contributed by atoms with Gasteiger partial charge >= 0.3 is 6.61 Å². The maximum Gasteiger partial charge on any atom is 0.388 e. The van der Waals surface area contributed by atoms with E-state index in [1.165, 1.54) is 6.07 Å². The summed E-state index contributed by atoms with van der Waals surface area (Å²) in [7, 11) is 1.87. The number of hydrogen-bond donors (Lipinski definition) is 1. The van der Waals surface area contributed by atoms with E-state index in [0.29, 0.717) is 18.2 Å². The van der Waals surface area contributed by atoms with Gasteiger partial charge in [0.05, 0.1) is 6.20 Å². The van der Waals surface area contributed by atoms with Crippen LogP contribution in [0.1, 0.15) is 44.1 Å². The second-order valence-corrected chi connectivity index (χ2v) is 8.14. The molecule has 0 spiro atoms. The molecule has 3 aromatic rings. The maximum absolute atomic E-state index is 12.9. The molecule has 9 heteroatoms. The summed E-state index contributed by atoms with van der Waals surface area (Å²) in [4.78, 5) is 16.8. The number of rotatable bonds is 7. The van der Waals surface area contributed by atoms with Crippen molar-refractivity contribution in [1.29, 1.82) is 0 Å². The number of pyridine rings is 2. The van der Waals surface area contributed by atoms with Gasteiger partial charge in [0.25, 0.3) is 5.56 Å². The molecule has 7 nitrogen and oxygen atoms in total. The number of nitrogens with one attached hydrogen (secondary N) is 1. The third-order valence-corrected chi connectivity index (χ3v) is 5.99. The van der Waals surface area contributed by atoms with Crippen LogP contribution in [-0.2, 0) is 13.6 Å². The molecule has 170 valence electrons. The van der Waals surface area contributed by atoms with Crippen LogP contribution in [0.4, 0.5) is 14.5 Å². The first-order chi connectivity index (χ1) is 15.4. The minimum atomic E-state index is -2.87. The van der Waals surface area contributed by atoms with E-state index in [-0.39, 0.29) is 17.5 Å². The van der Waals surface area contributed by atoms with Gasteiger partial charge in [-0.05, 0) is 50.2 Å². The number of alkyl halides is 2. The Morgan fingerprint density at radius 3 is 2.53 bits per heavy atom. The lowest BCUT2D eigenvalue weighted by Crippen LogP contribution is -2.30. The minimum absolute atomic E-state index is 0.0268. The average molecular weight is 443 g/mol. The Balaban J connectivity index is 1.43. The summed E-state index contributed by atoms with van der Waals surface area (Å²) in [6.07, 6.45) is 10.9. The number of aromatic nitrogens is 4. The van der Waals surface area contributed by atoms with Gasteiger partial charge in [-0.3, -0.25) is 9.48 Å².